The lowest BCUT2D eigenvalue weighted by Crippen LogP contribution is -2.51. The molecule has 0 amide bonds. The van der Waals surface area contributed by atoms with E-state index in [1.165, 1.54) is 0 Å². The lowest BCUT2D eigenvalue weighted by atomic mass is 9.84. The number of carbonyl (C=O) groups is 1. The molecule has 94 valence electrons. The van der Waals surface area contributed by atoms with Crippen LogP contribution in [0, 0.1) is 5.41 Å². The van der Waals surface area contributed by atoms with Crippen LogP contribution in [0.4, 0.5) is 26.3 Å². The van der Waals surface area contributed by atoms with E-state index in [4.69, 9.17) is 5.11 Å². The molecule has 1 atom stereocenters. The monoisotopic (exact) mass is 251 g/mol. The van der Waals surface area contributed by atoms with Gasteiger partial charge >= 0.3 is 18.3 Å². The van der Waals surface area contributed by atoms with Gasteiger partial charge in [-0.05, 0) is 6.42 Å². The Balaban J connectivity index is 3.07. The van der Waals surface area contributed by atoms with Gasteiger partial charge in [-0.25, -0.2) is 0 Å². The van der Waals surface area contributed by atoms with E-state index < -0.39 is 42.7 Å². The number of halogens is 6. The predicted octanol–water partition coefficient (Wildman–Crippen LogP) is 1.54. The number of hydrogen-bond donors (Lipinski definition) is 2. The summed E-state index contributed by atoms with van der Waals surface area (Å²) in [5.74, 6) is -1.73. The van der Waals surface area contributed by atoms with Gasteiger partial charge in [-0.3, -0.25) is 4.79 Å². The molecule has 0 spiro atoms. The molecule has 0 aromatic carbocycles. The maximum Gasteiger partial charge on any atom is 0.404 e. The highest BCUT2D eigenvalue weighted by atomic mass is 19.4. The summed E-state index contributed by atoms with van der Waals surface area (Å²) < 4.78 is 74.4. The van der Waals surface area contributed by atoms with Crippen molar-refractivity contribution in [1.29, 1.82) is 0 Å². The average Bonchev–Trinajstić information content (AvgIpc) is 2.44. The van der Waals surface area contributed by atoms with E-state index in [-0.39, 0.29) is 0 Å². The Morgan fingerprint density at radius 1 is 1.19 bits per heavy atom. The van der Waals surface area contributed by atoms with Gasteiger partial charge in [-0.15, -0.1) is 0 Å². The van der Waals surface area contributed by atoms with Crippen LogP contribution in [-0.2, 0) is 4.79 Å². The first-order chi connectivity index (χ1) is 7.01. The molecule has 0 bridgehead atoms. The van der Waals surface area contributed by atoms with Crippen molar-refractivity contribution >= 4 is 5.97 Å². The molecule has 1 fully saturated rings. The van der Waals surface area contributed by atoms with Crippen LogP contribution in [0.15, 0.2) is 0 Å². The van der Waals surface area contributed by atoms with Crippen molar-refractivity contribution in [2.45, 2.75) is 24.8 Å². The van der Waals surface area contributed by atoms with Crippen LogP contribution in [0.5, 0.6) is 0 Å². The summed E-state index contributed by atoms with van der Waals surface area (Å²) >= 11 is 0. The lowest BCUT2D eigenvalue weighted by molar-refractivity contribution is -0.333. The highest BCUT2D eigenvalue weighted by molar-refractivity contribution is 5.74. The van der Waals surface area contributed by atoms with Crippen molar-refractivity contribution in [1.82, 2.24) is 5.32 Å². The third kappa shape index (κ3) is 1.83. The van der Waals surface area contributed by atoms with Crippen LogP contribution in [0.1, 0.15) is 6.42 Å². The maximum absolute atomic E-state index is 12.4. The maximum atomic E-state index is 12.4. The molecule has 0 aromatic rings. The molecular formula is C7H7F6NO2. The predicted molar refractivity (Wildman–Crippen MR) is 38.6 cm³/mol. The van der Waals surface area contributed by atoms with E-state index in [1.54, 1.807) is 5.32 Å². The molecule has 1 aliphatic heterocycles. The van der Waals surface area contributed by atoms with Gasteiger partial charge in [-0.2, -0.15) is 26.3 Å². The minimum absolute atomic E-state index is 1.46. The lowest BCUT2D eigenvalue weighted by Gasteiger charge is -2.32. The van der Waals surface area contributed by atoms with Gasteiger partial charge in [-0.1, -0.05) is 0 Å². The van der Waals surface area contributed by atoms with Gasteiger partial charge < -0.3 is 10.4 Å². The second-order valence-electron chi connectivity index (χ2n) is 3.55. The molecule has 1 aliphatic rings. The van der Waals surface area contributed by atoms with E-state index in [1.807, 2.05) is 0 Å². The van der Waals surface area contributed by atoms with Crippen molar-refractivity contribution in [3.63, 3.8) is 0 Å². The summed E-state index contributed by atoms with van der Waals surface area (Å²) in [6.07, 6.45) is -12.6. The fourth-order valence-corrected chi connectivity index (χ4v) is 1.56. The first-order valence-corrected chi connectivity index (χ1v) is 4.11. The number of rotatable bonds is 1. The zero-order valence-corrected chi connectivity index (χ0v) is 7.61. The van der Waals surface area contributed by atoms with E-state index in [2.05, 4.69) is 0 Å². The first kappa shape index (κ1) is 13.1. The van der Waals surface area contributed by atoms with E-state index in [0.29, 0.717) is 0 Å². The summed E-state index contributed by atoms with van der Waals surface area (Å²) in [6.45, 7) is -1.46. The molecule has 0 radical (unpaired) electrons. The molecular weight excluding hydrogens is 244 g/mol. The summed E-state index contributed by atoms with van der Waals surface area (Å²) in [4.78, 5) is 10.3. The largest absolute Gasteiger partial charge is 0.480 e. The Morgan fingerprint density at radius 3 is 1.81 bits per heavy atom. The van der Waals surface area contributed by atoms with Crippen LogP contribution >= 0.6 is 0 Å². The smallest absolute Gasteiger partial charge is 0.404 e. The molecule has 0 unspecified atom stereocenters. The minimum atomic E-state index is -5.53. The normalized spacial score (nSPS) is 25.8. The third-order valence-corrected chi connectivity index (χ3v) is 2.59. The fraction of sp³-hybridized carbons (Fsp3) is 0.857. The Bertz CT molecular complexity index is 282. The van der Waals surface area contributed by atoms with Gasteiger partial charge in [0.1, 0.15) is 6.04 Å². The molecule has 0 aliphatic carbocycles. The number of carboxylic acid groups (broad SMARTS) is 1. The van der Waals surface area contributed by atoms with Crippen LogP contribution in [0.2, 0.25) is 0 Å². The van der Waals surface area contributed by atoms with E-state index >= 15 is 0 Å². The van der Waals surface area contributed by atoms with Gasteiger partial charge in [0.2, 0.25) is 0 Å². The topological polar surface area (TPSA) is 49.3 Å². The molecule has 1 heterocycles. The van der Waals surface area contributed by atoms with Crippen molar-refractivity contribution in [2.75, 3.05) is 6.54 Å². The van der Waals surface area contributed by atoms with Gasteiger partial charge in [0, 0.05) is 6.54 Å². The fourth-order valence-electron chi connectivity index (χ4n) is 1.56. The number of alkyl halides is 6. The van der Waals surface area contributed by atoms with Crippen molar-refractivity contribution in [3.8, 4) is 0 Å². The third-order valence-electron chi connectivity index (χ3n) is 2.59. The summed E-state index contributed by atoms with van der Waals surface area (Å²) in [6, 6.07) is -1.83. The highest BCUT2D eigenvalue weighted by Crippen LogP contribution is 2.54. The van der Waals surface area contributed by atoms with Crippen LogP contribution < -0.4 is 5.32 Å². The van der Waals surface area contributed by atoms with Crippen molar-refractivity contribution in [2.24, 2.45) is 5.41 Å². The van der Waals surface area contributed by atoms with Gasteiger partial charge in [0.25, 0.3) is 0 Å². The number of nitrogens with one attached hydrogen (secondary N) is 1. The second kappa shape index (κ2) is 3.51. The quantitative estimate of drug-likeness (QED) is 0.695. The summed E-state index contributed by atoms with van der Waals surface area (Å²) in [5, 5.41) is 10.1. The Hall–Kier alpha value is -0.990. The Kier molecular flexibility index (Phi) is 2.86. The first-order valence-electron chi connectivity index (χ1n) is 4.11. The van der Waals surface area contributed by atoms with Crippen LogP contribution in [0.25, 0.3) is 0 Å². The highest BCUT2D eigenvalue weighted by Gasteiger charge is 2.73. The molecule has 0 aromatic heterocycles. The van der Waals surface area contributed by atoms with E-state index in [0.717, 1.165) is 0 Å². The molecule has 9 heteroatoms. The Labute approximate surface area is 85.4 Å². The SMILES string of the molecule is O=C(O)[C@@H]1CC(C(F)(F)F)(C(F)(F)F)CN1. The molecule has 0 saturated carbocycles. The molecule has 1 rings (SSSR count). The van der Waals surface area contributed by atoms with E-state index in [9.17, 15) is 31.1 Å². The average molecular weight is 251 g/mol. The zero-order chi connectivity index (χ0) is 12.8. The van der Waals surface area contributed by atoms with Crippen molar-refractivity contribution in [3.05, 3.63) is 0 Å². The minimum Gasteiger partial charge on any atom is -0.480 e. The molecule has 16 heavy (non-hydrogen) atoms. The zero-order valence-electron chi connectivity index (χ0n) is 7.61. The van der Waals surface area contributed by atoms with Crippen LogP contribution in [-0.4, -0.2) is 36.0 Å². The number of carboxylic acids is 1. The molecule has 2 N–H and O–H groups in total. The summed E-state index contributed by atoms with van der Waals surface area (Å²) in [7, 11) is 0. The second-order valence-corrected chi connectivity index (χ2v) is 3.55. The molecule has 1 saturated heterocycles. The number of aliphatic carboxylic acids is 1. The number of hydrogen-bond acceptors (Lipinski definition) is 2. The Morgan fingerprint density at radius 2 is 1.62 bits per heavy atom. The van der Waals surface area contributed by atoms with Gasteiger partial charge in [0.05, 0.1) is 0 Å². The van der Waals surface area contributed by atoms with Gasteiger partial charge in [0.15, 0.2) is 5.41 Å². The van der Waals surface area contributed by atoms with Crippen LogP contribution in [0.3, 0.4) is 0 Å². The van der Waals surface area contributed by atoms with Crippen molar-refractivity contribution < 1.29 is 36.2 Å². The standard InChI is InChI=1S/C7H7F6NO2/c8-6(9,10)5(7(11,12)13)1-3(4(15)16)14-2-5/h3,14H,1-2H2,(H,15,16)/t3-/m0/s1. The summed E-state index contributed by atoms with van der Waals surface area (Å²) in [5.41, 5.74) is -3.97. The molecule has 3 nitrogen and oxygen atoms in total.